The third kappa shape index (κ3) is 4.00. The first kappa shape index (κ1) is 17.7. The fourth-order valence-corrected chi connectivity index (χ4v) is 3.98. The molecule has 8 heteroatoms. The van der Waals surface area contributed by atoms with Crippen LogP contribution in [-0.2, 0) is 0 Å². The van der Waals surface area contributed by atoms with Crippen LogP contribution in [0.5, 0.6) is 5.88 Å². The smallest absolute Gasteiger partial charge is 0.274 e. The SMILES string of the molecule is Cc1cc(OC2CCCN(C(=O)c3cc(-c4cccs4)[nH]n3)C2)nc(C)n1. The van der Waals surface area contributed by atoms with E-state index in [9.17, 15) is 4.79 Å². The van der Waals surface area contributed by atoms with E-state index >= 15 is 0 Å². The highest BCUT2D eigenvalue weighted by atomic mass is 32.1. The van der Waals surface area contributed by atoms with Gasteiger partial charge >= 0.3 is 0 Å². The topological polar surface area (TPSA) is 84.0 Å². The average molecular weight is 383 g/mol. The van der Waals surface area contributed by atoms with Crippen LogP contribution < -0.4 is 4.74 Å². The number of carbonyl (C=O) groups is 1. The van der Waals surface area contributed by atoms with Gasteiger partial charge in [-0.2, -0.15) is 10.1 Å². The lowest BCUT2D eigenvalue weighted by Crippen LogP contribution is -2.44. The van der Waals surface area contributed by atoms with E-state index in [0.717, 1.165) is 29.1 Å². The van der Waals surface area contributed by atoms with E-state index in [4.69, 9.17) is 4.74 Å². The van der Waals surface area contributed by atoms with Gasteiger partial charge in [0.15, 0.2) is 5.69 Å². The molecule has 1 saturated heterocycles. The molecule has 0 aliphatic carbocycles. The molecule has 0 radical (unpaired) electrons. The summed E-state index contributed by atoms with van der Waals surface area (Å²) in [5.41, 5.74) is 2.18. The number of likely N-dealkylation sites (tertiary alicyclic amines) is 1. The monoisotopic (exact) mass is 383 g/mol. The van der Waals surface area contributed by atoms with Crippen LogP contribution in [0.3, 0.4) is 0 Å². The molecule has 7 nitrogen and oxygen atoms in total. The lowest BCUT2D eigenvalue weighted by molar-refractivity contribution is 0.0521. The van der Waals surface area contributed by atoms with Crippen LogP contribution in [0.1, 0.15) is 34.8 Å². The largest absolute Gasteiger partial charge is 0.472 e. The van der Waals surface area contributed by atoms with Gasteiger partial charge in [0.25, 0.3) is 5.91 Å². The van der Waals surface area contributed by atoms with Crippen molar-refractivity contribution in [3.8, 4) is 16.5 Å². The summed E-state index contributed by atoms with van der Waals surface area (Å²) in [7, 11) is 0. The molecular formula is C19H21N5O2S. The zero-order valence-corrected chi connectivity index (χ0v) is 16.1. The Labute approximate surface area is 161 Å². The van der Waals surface area contributed by atoms with Crippen molar-refractivity contribution in [2.75, 3.05) is 13.1 Å². The van der Waals surface area contributed by atoms with Crippen molar-refractivity contribution >= 4 is 17.2 Å². The maximum atomic E-state index is 12.9. The molecule has 27 heavy (non-hydrogen) atoms. The third-order valence-electron chi connectivity index (χ3n) is 4.48. The zero-order valence-electron chi connectivity index (χ0n) is 15.3. The van der Waals surface area contributed by atoms with Gasteiger partial charge in [-0.3, -0.25) is 9.89 Å². The zero-order chi connectivity index (χ0) is 18.8. The first-order valence-electron chi connectivity index (χ1n) is 8.96. The molecule has 0 bridgehead atoms. The molecular weight excluding hydrogens is 362 g/mol. The number of piperidine rings is 1. The minimum Gasteiger partial charge on any atom is -0.472 e. The maximum absolute atomic E-state index is 12.9. The van der Waals surface area contributed by atoms with Crippen LogP contribution in [0.25, 0.3) is 10.6 Å². The van der Waals surface area contributed by atoms with E-state index in [0.29, 0.717) is 30.5 Å². The molecule has 4 heterocycles. The van der Waals surface area contributed by atoms with Gasteiger partial charge in [-0.25, -0.2) is 4.98 Å². The summed E-state index contributed by atoms with van der Waals surface area (Å²) in [6.07, 6.45) is 1.71. The predicted octanol–water partition coefficient (Wildman–Crippen LogP) is 3.23. The number of hydrogen-bond donors (Lipinski definition) is 1. The predicted molar refractivity (Wildman–Crippen MR) is 103 cm³/mol. The molecule has 0 saturated carbocycles. The lowest BCUT2D eigenvalue weighted by atomic mass is 10.1. The number of H-pyrrole nitrogens is 1. The molecule has 1 aliphatic rings. The van der Waals surface area contributed by atoms with Gasteiger partial charge in [-0.1, -0.05) is 6.07 Å². The first-order valence-corrected chi connectivity index (χ1v) is 9.84. The molecule has 1 amide bonds. The van der Waals surface area contributed by atoms with E-state index in [1.807, 2.05) is 48.4 Å². The Morgan fingerprint density at radius 2 is 2.22 bits per heavy atom. The van der Waals surface area contributed by atoms with Crippen molar-refractivity contribution in [2.24, 2.45) is 0 Å². The Kier molecular flexibility index (Phi) is 4.89. The maximum Gasteiger partial charge on any atom is 0.274 e. The second kappa shape index (κ2) is 7.48. The Hall–Kier alpha value is -2.74. The Bertz CT molecular complexity index is 917. The Morgan fingerprint density at radius 3 is 3.00 bits per heavy atom. The van der Waals surface area contributed by atoms with Crippen LogP contribution in [0.4, 0.5) is 0 Å². The van der Waals surface area contributed by atoms with Gasteiger partial charge < -0.3 is 9.64 Å². The molecule has 4 rings (SSSR count). The van der Waals surface area contributed by atoms with Crippen molar-refractivity contribution in [1.82, 2.24) is 25.1 Å². The summed E-state index contributed by atoms with van der Waals surface area (Å²) < 4.78 is 6.03. The van der Waals surface area contributed by atoms with E-state index < -0.39 is 0 Å². The van der Waals surface area contributed by atoms with Crippen molar-refractivity contribution < 1.29 is 9.53 Å². The summed E-state index contributed by atoms with van der Waals surface area (Å²) in [5.74, 6) is 1.18. The number of ether oxygens (including phenoxy) is 1. The summed E-state index contributed by atoms with van der Waals surface area (Å²) in [6.45, 7) is 5.00. The summed E-state index contributed by atoms with van der Waals surface area (Å²) in [5, 5.41) is 9.17. The number of carbonyl (C=O) groups excluding carboxylic acids is 1. The first-order chi connectivity index (χ1) is 13.1. The normalized spacial score (nSPS) is 17.1. The number of hydrogen-bond acceptors (Lipinski definition) is 6. The molecule has 3 aromatic rings. The molecule has 1 N–H and O–H groups in total. The van der Waals surface area contributed by atoms with Gasteiger partial charge in [-0.05, 0) is 44.2 Å². The molecule has 0 spiro atoms. The fourth-order valence-electron chi connectivity index (χ4n) is 3.28. The fraction of sp³-hybridized carbons (Fsp3) is 0.368. The van der Waals surface area contributed by atoms with Gasteiger partial charge in [0.2, 0.25) is 5.88 Å². The highest BCUT2D eigenvalue weighted by Crippen LogP contribution is 2.24. The van der Waals surface area contributed by atoms with Crippen LogP contribution in [0.15, 0.2) is 29.6 Å². The summed E-state index contributed by atoms with van der Waals surface area (Å²) in [6, 6.07) is 7.62. The lowest BCUT2D eigenvalue weighted by Gasteiger charge is -2.32. The second-order valence-corrected chi connectivity index (χ2v) is 7.62. The van der Waals surface area contributed by atoms with Crippen molar-refractivity contribution in [3.05, 3.63) is 46.9 Å². The van der Waals surface area contributed by atoms with E-state index in [1.54, 1.807) is 11.3 Å². The van der Waals surface area contributed by atoms with E-state index in [1.165, 1.54) is 0 Å². The van der Waals surface area contributed by atoms with Gasteiger partial charge in [0, 0.05) is 18.3 Å². The van der Waals surface area contributed by atoms with Crippen molar-refractivity contribution in [1.29, 1.82) is 0 Å². The Balaban J connectivity index is 1.44. The van der Waals surface area contributed by atoms with Gasteiger partial charge in [-0.15, -0.1) is 11.3 Å². The van der Waals surface area contributed by atoms with Crippen molar-refractivity contribution in [2.45, 2.75) is 32.8 Å². The Morgan fingerprint density at radius 1 is 1.33 bits per heavy atom. The minimum atomic E-state index is -0.0768. The van der Waals surface area contributed by atoms with E-state index in [-0.39, 0.29) is 12.0 Å². The number of nitrogens with zero attached hydrogens (tertiary/aromatic N) is 4. The summed E-state index contributed by atoms with van der Waals surface area (Å²) >= 11 is 1.61. The summed E-state index contributed by atoms with van der Waals surface area (Å²) in [4.78, 5) is 24.3. The molecule has 0 aromatic carbocycles. The van der Waals surface area contributed by atoms with Crippen molar-refractivity contribution in [3.63, 3.8) is 0 Å². The number of aromatic amines is 1. The number of amides is 1. The average Bonchev–Trinajstić information content (AvgIpc) is 3.32. The van der Waals surface area contributed by atoms with Crippen LogP contribution in [-0.4, -0.2) is 50.2 Å². The standard InChI is InChI=1S/C19H21N5O2S/c1-12-9-18(21-13(2)20-12)26-14-5-3-7-24(11-14)19(25)16-10-15(22-23-16)17-6-4-8-27-17/h4,6,8-10,14H,3,5,7,11H2,1-2H3,(H,22,23). The number of rotatable bonds is 4. The molecule has 3 aromatic heterocycles. The molecule has 1 fully saturated rings. The number of aryl methyl sites for hydroxylation is 2. The van der Waals surface area contributed by atoms with Gasteiger partial charge in [0.1, 0.15) is 11.9 Å². The van der Waals surface area contributed by atoms with Crippen LogP contribution in [0, 0.1) is 13.8 Å². The molecule has 140 valence electrons. The number of thiophene rings is 1. The second-order valence-electron chi connectivity index (χ2n) is 6.67. The molecule has 1 atom stereocenters. The van der Waals surface area contributed by atoms with Crippen LogP contribution >= 0.6 is 11.3 Å². The molecule has 1 aliphatic heterocycles. The number of aromatic nitrogens is 4. The minimum absolute atomic E-state index is 0.0718. The van der Waals surface area contributed by atoms with Gasteiger partial charge in [0.05, 0.1) is 17.1 Å². The van der Waals surface area contributed by atoms with Crippen LogP contribution in [0.2, 0.25) is 0 Å². The highest BCUT2D eigenvalue weighted by molar-refractivity contribution is 7.13. The molecule has 1 unspecified atom stereocenters. The third-order valence-corrected chi connectivity index (χ3v) is 5.38. The quantitative estimate of drug-likeness (QED) is 0.748. The van der Waals surface area contributed by atoms with E-state index in [2.05, 4.69) is 20.2 Å². The highest BCUT2D eigenvalue weighted by Gasteiger charge is 2.27. The number of nitrogens with one attached hydrogen (secondary N) is 1.